The highest BCUT2D eigenvalue weighted by molar-refractivity contribution is 6.00. The Morgan fingerprint density at radius 3 is 2.52 bits per heavy atom. The first-order chi connectivity index (χ1) is 23.4. The van der Waals surface area contributed by atoms with E-state index in [4.69, 9.17) is 5.73 Å². The second-order valence-corrected chi connectivity index (χ2v) is 12.6. The topological polar surface area (TPSA) is 146 Å². The van der Waals surface area contributed by atoms with Crippen LogP contribution < -0.4 is 11.1 Å². The maximum absolute atomic E-state index is 13.7. The fraction of sp³-hybridized carbons (Fsp3) is 0.297. The van der Waals surface area contributed by atoms with E-state index in [0.29, 0.717) is 44.1 Å². The number of nitrogens with two attached hydrogens (primary N) is 1. The third kappa shape index (κ3) is 6.34. The Morgan fingerprint density at radius 1 is 0.958 bits per heavy atom. The first-order valence-corrected chi connectivity index (χ1v) is 16.5. The maximum atomic E-state index is 13.7. The number of aromatic nitrogens is 5. The van der Waals surface area contributed by atoms with Crippen molar-refractivity contribution in [2.45, 2.75) is 26.2 Å². The summed E-state index contributed by atoms with van der Waals surface area (Å²) in [4.78, 5) is 44.1. The summed E-state index contributed by atoms with van der Waals surface area (Å²) in [5.41, 5.74) is 13.2. The van der Waals surface area contributed by atoms with Crippen molar-refractivity contribution < 1.29 is 9.59 Å². The molecule has 0 spiro atoms. The van der Waals surface area contributed by atoms with E-state index in [1.165, 1.54) is 5.57 Å². The number of aryl methyl sites for hydroxylation is 1. The number of benzene rings is 2. The van der Waals surface area contributed by atoms with Gasteiger partial charge in [0.05, 0.1) is 17.5 Å². The lowest BCUT2D eigenvalue weighted by Gasteiger charge is -2.30. The molecule has 0 saturated carbocycles. The van der Waals surface area contributed by atoms with Crippen LogP contribution >= 0.6 is 0 Å². The summed E-state index contributed by atoms with van der Waals surface area (Å²) in [5.74, 6) is 0.639. The minimum absolute atomic E-state index is 0.0652. The lowest BCUT2D eigenvalue weighted by Crippen LogP contribution is -2.46. The molecule has 3 aromatic heterocycles. The van der Waals surface area contributed by atoms with Crippen LogP contribution in [0.1, 0.15) is 31.0 Å². The second-order valence-electron chi connectivity index (χ2n) is 12.6. The van der Waals surface area contributed by atoms with Crippen molar-refractivity contribution in [3.63, 3.8) is 0 Å². The van der Waals surface area contributed by atoms with E-state index in [2.05, 4.69) is 60.5 Å². The van der Waals surface area contributed by atoms with Crippen molar-refractivity contribution in [3.8, 4) is 22.6 Å². The largest absolute Gasteiger partial charge is 0.338 e. The van der Waals surface area contributed by atoms with E-state index in [9.17, 15) is 9.59 Å². The SMILES string of the molecule is CCc1cc(-c2n[nH]c3ccc(NC(=O)[C@]4(CN)CCN(CC(=O)N5CC=C(c6ccc(-c7ncccn7)cc6)CC5)C4)cc23)ccn1. The van der Waals surface area contributed by atoms with Gasteiger partial charge in [0, 0.05) is 72.7 Å². The zero-order chi connectivity index (χ0) is 33.1. The molecule has 1 saturated heterocycles. The maximum Gasteiger partial charge on any atom is 0.237 e. The first-order valence-electron chi connectivity index (χ1n) is 16.5. The smallest absolute Gasteiger partial charge is 0.237 e. The number of nitrogens with zero attached hydrogens (tertiary/aromatic N) is 6. The van der Waals surface area contributed by atoms with Crippen LogP contribution in [0.15, 0.2) is 85.3 Å². The van der Waals surface area contributed by atoms with Gasteiger partial charge >= 0.3 is 0 Å². The highest BCUT2D eigenvalue weighted by atomic mass is 16.2. The summed E-state index contributed by atoms with van der Waals surface area (Å²) in [6.45, 7) is 4.82. The molecule has 11 nitrogen and oxygen atoms in total. The van der Waals surface area contributed by atoms with Crippen molar-refractivity contribution in [2.75, 3.05) is 44.6 Å². The molecule has 4 N–H and O–H groups in total. The molecule has 5 aromatic rings. The van der Waals surface area contributed by atoms with E-state index in [1.54, 1.807) is 24.7 Å². The van der Waals surface area contributed by atoms with Crippen molar-refractivity contribution >= 4 is 34.0 Å². The van der Waals surface area contributed by atoms with Crippen LogP contribution in [0.25, 0.3) is 39.1 Å². The molecule has 1 fully saturated rings. The number of fused-ring (bicyclic) bond motifs is 1. The molecule has 2 aliphatic rings. The van der Waals surface area contributed by atoms with Gasteiger partial charge in [-0.15, -0.1) is 0 Å². The van der Waals surface area contributed by atoms with E-state index < -0.39 is 5.41 Å². The second kappa shape index (κ2) is 13.5. The number of hydrogen-bond acceptors (Lipinski definition) is 8. The molecule has 1 atom stereocenters. The molecular formula is C37H39N9O2. The van der Waals surface area contributed by atoms with Crippen LogP contribution in [0.5, 0.6) is 0 Å². The molecule has 2 aromatic carbocycles. The molecule has 5 heterocycles. The fourth-order valence-corrected chi connectivity index (χ4v) is 6.66. The number of likely N-dealkylation sites (tertiary alicyclic amines) is 1. The average molecular weight is 642 g/mol. The summed E-state index contributed by atoms with van der Waals surface area (Å²) >= 11 is 0. The van der Waals surface area contributed by atoms with Crippen LogP contribution in [-0.4, -0.2) is 86.0 Å². The van der Waals surface area contributed by atoms with Crippen LogP contribution in [0, 0.1) is 5.41 Å². The number of pyridine rings is 1. The predicted molar refractivity (Wildman–Crippen MR) is 187 cm³/mol. The number of carbonyl (C=O) groups is 2. The van der Waals surface area contributed by atoms with Crippen molar-refractivity contribution in [1.82, 2.24) is 34.9 Å². The third-order valence-electron chi connectivity index (χ3n) is 9.58. The van der Waals surface area contributed by atoms with Crippen molar-refractivity contribution in [3.05, 3.63) is 96.6 Å². The molecule has 7 rings (SSSR count). The number of rotatable bonds is 9. The number of anilines is 1. The van der Waals surface area contributed by atoms with Gasteiger partial charge in [0.25, 0.3) is 0 Å². The van der Waals surface area contributed by atoms with E-state index in [1.807, 2.05) is 47.4 Å². The fourth-order valence-electron chi connectivity index (χ4n) is 6.66. The average Bonchev–Trinajstić information content (AvgIpc) is 3.77. The molecule has 2 aliphatic heterocycles. The predicted octanol–water partition coefficient (Wildman–Crippen LogP) is 4.55. The van der Waals surface area contributed by atoms with Gasteiger partial charge in [-0.2, -0.15) is 5.10 Å². The normalized spacial score (nSPS) is 18.2. The summed E-state index contributed by atoms with van der Waals surface area (Å²) in [7, 11) is 0. The summed E-state index contributed by atoms with van der Waals surface area (Å²) in [6, 6.07) is 19.8. The Morgan fingerprint density at radius 2 is 1.77 bits per heavy atom. The quantitative estimate of drug-likeness (QED) is 0.213. The Balaban J connectivity index is 0.964. The van der Waals surface area contributed by atoms with Gasteiger partial charge < -0.3 is 16.0 Å². The zero-order valence-electron chi connectivity index (χ0n) is 27.0. The van der Waals surface area contributed by atoms with Crippen LogP contribution in [0.3, 0.4) is 0 Å². The molecule has 0 bridgehead atoms. The number of aromatic amines is 1. The van der Waals surface area contributed by atoms with E-state index >= 15 is 0 Å². The number of nitrogens with one attached hydrogen (secondary N) is 2. The molecule has 244 valence electrons. The lowest BCUT2D eigenvalue weighted by atomic mass is 9.86. The number of H-pyrrole nitrogens is 1. The Labute approximate surface area is 279 Å². The van der Waals surface area contributed by atoms with Gasteiger partial charge in [-0.3, -0.25) is 24.6 Å². The van der Waals surface area contributed by atoms with Crippen LogP contribution in [-0.2, 0) is 16.0 Å². The molecule has 2 amide bonds. The Bertz CT molecular complexity index is 1970. The molecule has 11 heteroatoms. The minimum Gasteiger partial charge on any atom is -0.338 e. The molecule has 48 heavy (non-hydrogen) atoms. The lowest BCUT2D eigenvalue weighted by molar-refractivity contribution is -0.132. The molecule has 0 radical (unpaired) electrons. The molecular weight excluding hydrogens is 602 g/mol. The first kappa shape index (κ1) is 31.3. The number of carbonyl (C=O) groups excluding carboxylic acids is 2. The number of amides is 2. The monoisotopic (exact) mass is 641 g/mol. The van der Waals surface area contributed by atoms with Gasteiger partial charge in [-0.25, -0.2) is 9.97 Å². The summed E-state index contributed by atoms with van der Waals surface area (Å²) in [5, 5.41) is 11.7. The Kier molecular flexibility index (Phi) is 8.79. The molecule has 0 aliphatic carbocycles. The summed E-state index contributed by atoms with van der Waals surface area (Å²) < 4.78 is 0. The highest BCUT2D eigenvalue weighted by Crippen LogP contribution is 2.33. The zero-order valence-corrected chi connectivity index (χ0v) is 27.0. The standard InChI is InChI=1S/C37H39N9O2/c1-2-29-20-28(10-16-39-29)34-31-21-30(8-9-32(31)43-44-34)42-36(48)37(23-38)13-19-45(24-37)22-33(47)46-17-11-26(12-18-46)25-4-6-27(7-5-25)35-40-14-3-15-41-35/h3-11,14-16,20-21H,2,12-13,17-19,22-24,38H2,1H3,(H,42,48)(H,43,44)/t37-/m0/s1. The van der Waals surface area contributed by atoms with Crippen LogP contribution in [0.2, 0.25) is 0 Å². The Hall–Kier alpha value is -5.26. The van der Waals surface area contributed by atoms with Gasteiger partial charge in [-0.1, -0.05) is 37.3 Å². The van der Waals surface area contributed by atoms with Gasteiger partial charge in [0.2, 0.25) is 11.8 Å². The number of hydrogen-bond donors (Lipinski definition) is 3. The van der Waals surface area contributed by atoms with Gasteiger partial charge in [0.15, 0.2) is 5.82 Å². The van der Waals surface area contributed by atoms with Crippen molar-refractivity contribution in [1.29, 1.82) is 0 Å². The third-order valence-corrected chi connectivity index (χ3v) is 9.58. The highest BCUT2D eigenvalue weighted by Gasteiger charge is 2.44. The van der Waals surface area contributed by atoms with Crippen molar-refractivity contribution in [2.24, 2.45) is 11.1 Å². The molecule has 0 unspecified atom stereocenters. The summed E-state index contributed by atoms with van der Waals surface area (Å²) in [6.07, 6.45) is 9.61. The van der Waals surface area contributed by atoms with E-state index in [0.717, 1.165) is 51.8 Å². The van der Waals surface area contributed by atoms with Gasteiger partial charge in [0.1, 0.15) is 5.69 Å². The van der Waals surface area contributed by atoms with Crippen LogP contribution in [0.4, 0.5) is 5.69 Å². The van der Waals surface area contributed by atoms with E-state index in [-0.39, 0.29) is 24.9 Å². The minimum atomic E-state index is -0.776. The van der Waals surface area contributed by atoms with Gasteiger partial charge in [-0.05, 0) is 73.3 Å².